The molecule has 0 aromatic heterocycles. The SMILES string of the molecule is O=C(O)[C@@H]1CCCN1C(=O)CCNS(=O)(=O)c1ccccc1. The van der Waals surface area contributed by atoms with Gasteiger partial charge in [0, 0.05) is 19.5 Å². The molecule has 0 unspecified atom stereocenters. The lowest BCUT2D eigenvalue weighted by Crippen LogP contribution is -2.41. The Kier molecular flexibility index (Phi) is 5.15. The van der Waals surface area contributed by atoms with Gasteiger partial charge in [-0.3, -0.25) is 4.79 Å². The third-order valence-corrected chi connectivity index (χ3v) is 5.02. The van der Waals surface area contributed by atoms with E-state index in [1.165, 1.54) is 17.0 Å². The van der Waals surface area contributed by atoms with E-state index >= 15 is 0 Å². The number of carbonyl (C=O) groups excluding carboxylic acids is 1. The van der Waals surface area contributed by atoms with E-state index in [0.29, 0.717) is 19.4 Å². The molecular weight excluding hydrogens is 308 g/mol. The highest BCUT2D eigenvalue weighted by Crippen LogP contribution is 2.18. The minimum absolute atomic E-state index is 0.0566. The summed E-state index contributed by atoms with van der Waals surface area (Å²) >= 11 is 0. The van der Waals surface area contributed by atoms with Crippen LogP contribution < -0.4 is 4.72 Å². The van der Waals surface area contributed by atoms with Crippen molar-refractivity contribution in [3.05, 3.63) is 30.3 Å². The fraction of sp³-hybridized carbons (Fsp3) is 0.429. The summed E-state index contributed by atoms with van der Waals surface area (Å²) in [4.78, 5) is 24.5. The molecule has 1 aliphatic rings. The van der Waals surface area contributed by atoms with Crippen molar-refractivity contribution in [3.8, 4) is 0 Å². The van der Waals surface area contributed by atoms with E-state index < -0.39 is 22.0 Å². The van der Waals surface area contributed by atoms with E-state index in [1.807, 2.05) is 0 Å². The fourth-order valence-corrected chi connectivity index (χ4v) is 3.49. The van der Waals surface area contributed by atoms with Gasteiger partial charge in [0.15, 0.2) is 0 Å². The number of benzene rings is 1. The minimum atomic E-state index is -3.65. The van der Waals surface area contributed by atoms with Crippen molar-refractivity contribution in [1.29, 1.82) is 0 Å². The molecule has 0 bridgehead atoms. The van der Waals surface area contributed by atoms with Crippen LogP contribution in [0.3, 0.4) is 0 Å². The average molecular weight is 326 g/mol. The monoisotopic (exact) mass is 326 g/mol. The molecule has 1 aromatic rings. The van der Waals surface area contributed by atoms with Crippen molar-refractivity contribution in [1.82, 2.24) is 9.62 Å². The first-order chi connectivity index (χ1) is 10.4. The number of carboxylic acids is 1. The third kappa shape index (κ3) is 3.83. The van der Waals surface area contributed by atoms with Crippen LogP contribution in [0, 0.1) is 0 Å². The average Bonchev–Trinajstić information content (AvgIpc) is 2.97. The second-order valence-corrected chi connectivity index (χ2v) is 6.81. The lowest BCUT2D eigenvalue weighted by molar-refractivity contribution is -0.148. The number of rotatable bonds is 6. The van der Waals surface area contributed by atoms with Gasteiger partial charge < -0.3 is 10.0 Å². The molecule has 1 aromatic carbocycles. The first kappa shape index (κ1) is 16.4. The Labute approximate surface area is 129 Å². The fourth-order valence-electron chi connectivity index (χ4n) is 2.44. The number of nitrogens with one attached hydrogen (secondary N) is 1. The normalized spacial score (nSPS) is 18.4. The highest BCUT2D eigenvalue weighted by Gasteiger charge is 2.33. The molecule has 1 aliphatic heterocycles. The van der Waals surface area contributed by atoms with E-state index in [-0.39, 0.29) is 23.8 Å². The lowest BCUT2D eigenvalue weighted by atomic mass is 10.2. The van der Waals surface area contributed by atoms with Crippen molar-refractivity contribution in [2.24, 2.45) is 0 Å². The first-order valence-corrected chi connectivity index (χ1v) is 8.47. The van der Waals surface area contributed by atoms with Gasteiger partial charge in [-0.05, 0) is 25.0 Å². The van der Waals surface area contributed by atoms with Gasteiger partial charge >= 0.3 is 5.97 Å². The van der Waals surface area contributed by atoms with Gasteiger partial charge in [-0.25, -0.2) is 17.9 Å². The number of amides is 1. The molecule has 0 saturated carbocycles. The molecule has 1 atom stereocenters. The quantitative estimate of drug-likeness (QED) is 0.789. The van der Waals surface area contributed by atoms with Crippen LogP contribution in [0.1, 0.15) is 19.3 Å². The van der Waals surface area contributed by atoms with Crippen molar-refractivity contribution >= 4 is 21.9 Å². The van der Waals surface area contributed by atoms with E-state index in [1.54, 1.807) is 18.2 Å². The maximum Gasteiger partial charge on any atom is 0.326 e. The second kappa shape index (κ2) is 6.89. The smallest absolute Gasteiger partial charge is 0.326 e. The Bertz CT molecular complexity index is 644. The third-order valence-electron chi connectivity index (χ3n) is 3.54. The van der Waals surface area contributed by atoms with Gasteiger partial charge in [0.05, 0.1) is 4.90 Å². The van der Waals surface area contributed by atoms with E-state index in [4.69, 9.17) is 5.11 Å². The number of carbonyl (C=O) groups is 2. The van der Waals surface area contributed by atoms with Gasteiger partial charge in [-0.1, -0.05) is 18.2 Å². The molecule has 7 nitrogen and oxygen atoms in total. The van der Waals surface area contributed by atoms with E-state index in [0.717, 1.165) is 0 Å². The molecule has 8 heteroatoms. The number of carboxylic acid groups (broad SMARTS) is 1. The molecule has 1 fully saturated rings. The summed E-state index contributed by atoms with van der Waals surface area (Å²) in [7, 11) is -3.65. The van der Waals surface area contributed by atoms with Crippen molar-refractivity contribution in [2.45, 2.75) is 30.2 Å². The number of nitrogens with zero attached hydrogens (tertiary/aromatic N) is 1. The van der Waals surface area contributed by atoms with Crippen LogP contribution in [0.2, 0.25) is 0 Å². The van der Waals surface area contributed by atoms with E-state index in [2.05, 4.69) is 4.72 Å². The zero-order valence-electron chi connectivity index (χ0n) is 11.9. The molecular formula is C14H18N2O5S. The van der Waals surface area contributed by atoms with Gasteiger partial charge in [0.25, 0.3) is 0 Å². The Balaban J connectivity index is 1.88. The van der Waals surface area contributed by atoms with Crippen LogP contribution in [-0.2, 0) is 19.6 Å². The van der Waals surface area contributed by atoms with Crippen molar-refractivity contribution < 1.29 is 23.1 Å². The van der Waals surface area contributed by atoms with Crippen LogP contribution in [0.25, 0.3) is 0 Å². The summed E-state index contributed by atoms with van der Waals surface area (Å²) in [5.74, 6) is -1.36. The molecule has 2 rings (SSSR count). The summed E-state index contributed by atoms with van der Waals surface area (Å²) < 4.78 is 26.3. The summed E-state index contributed by atoms with van der Waals surface area (Å²) in [5, 5.41) is 9.03. The summed E-state index contributed by atoms with van der Waals surface area (Å²) in [5.41, 5.74) is 0. The largest absolute Gasteiger partial charge is 0.480 e. The number of sulfonamides is 1. The zero-order chi connectivity index (χ0) is 16.2. The van der Waals surface area contributed by atoms with Gasteiger partial charge in [-0.2, -0.15) is 0 Å². The number of aliphatic carboxylic acids is 1. The molecule has 1 heterocycles. The lowest BCUT2D eigenvalue weighted by Gasteiger charge is -2.21. The molecule has 0 radical (unpaired) electrons. The van der Waals surface area contributed by atoms with Crippen LogP contribution in [-0.4, -0.2) is 49.4 Å². The molecule has 1 saturated heterocycles. The number of likely N-dealkylation sites (tertiary alicyclic amines) is 1. The standard InChI is InChI=1S/C14H18N2O5S/c17-13(16-10-4-7-12(16)14(18)19)8-9-15-22(20,21)11-5-2-1-3-6-11/h1-3,5-6,12,15H,4,7-10H2,(H,18,19)/t12-/m0/s1. The Morgan fingerprint density at radius 2 is 1.95 bits per heavy atom. The predicted octanol–water partition coefficient (Wildman–Crippen LogP) is 0.431. The van der Waals surface area contributed by atoms with Gasteiger partial charge in [-0.15, -0.1) is 0 Å². The van der Waals surface area contributed by atoms with E-state index in [9.17, 15) is 18.0 Å². The topological polar surface area (TPSA) is 104 Å². The Morgan fingerprint density at radius 1 is 1.27 bits per heavy atom. The summed E-state index contributed by atoms with van der Waals surface area (Å²) in [6, 6.07) is 7.07. The maximum absolute atomic E-state index is 12.0. The maximum atomic E-state index is 12.0. The van der Waals surface area contributed by atoms with Crippen LogP contribution >= 0.6 is 0 Å². The Hall–Kier alpha value is -1.93. The van der Waals surface area contributed by atoms with Crippen LogP contribution in [0.5, 0.6) is 0 Å². The number of hydrogen-bond acceptors (Lipinski definition) is 4. The van der Waals surface area contributed by atoms with Crippen LogP contribution in [0.15, 0.2) is 35.2 Å². The molecule has 120 valence electrons. The molecule has 22 heavy (non-hydrogen) atoms. The van der Waals surface area contributed by atoms with Gasteiger partial charge in [0.2, 0.25) is 15.9 Å². The van der Waals surface area contributed by atoms with Gasteiger partial charge in [0.1, 0.15) is 6.04 Å². The highest BCUT2D eigenvalue weighted by atomic mass is 32.2. The summed E-state index contributed by atoms with van der Waals surface area (Å²) in [6.45, 7) is 0.347. The predicted molar refractivity (Wildman–Crippen MR) is 78.6 cm³/mol. The highest BCUT2D eigenvalue weighted by molar-refractivity contribution is 7.89. The second-order valence-electron chi connectivity index (χ2n) is 5.04. The van der Waals surface area contributed by atoms with Crippen molar-refractivity contribution in [2.75, 3.05) is 13.1 Å². The Morgan fingerprint density at radius 3 is 2.59 bits per heavy atom. The molecule has 0 aliphatic carbocycles. The zero-order valence-corrected chi connectivity index (χ0v) is 12.8. The molecule has 2 N–H and O–H groups in total. The molecule has 0 spiro atoms. The first-order valence-electron chi connectivity index (χ1n) is 6.99. The van der Waals surface area contributed by atoms with Crippen molar-refractivity contribution in [3.63, 3.8) is 0 Å². The number of hydrogen-bond donors (Lipinski definition) is 2. The molecule has 1 amide bonds. The minimum Gasteiger partial charge on any atom is -0.480 e. The summed E-state index contributed by atoms with van der Waals surface area (Å²) in [6.07, 6.45) is 1.03. The van der Waals surface area contributed by atoms with Crippen LogP contribution in [0.4, 0.5) is 0 Å².